The lowest BCUT2D eigenvalue weighted by Crippen LogP contribution is -2.62. The topological polar surface area (TPSA) is 84.2 Å². The second kappa shape index (κ2) is 6.89. The van der Waals surface area contributed by atoms with Gasteiger partial charge in [0.25, 0.3) is 0 Å². The quantitative estimate of drug-likeness (QED) is 0.562. The summed E-state index contributed by atoms with van der Waals surface area (Å²) in [5.41, 5.74) is 2.27. The van der Waals surface area contributed by atoms with E-state index in [1.165, 1.54) is 0 Å². The molecule has 1 heterocycles. The molecule has 21 heavy (non-hydrogen) atoms. The van der Waals surface area contributed by atoms with Crippen molar-refractivity contribution in [3.05, 3.63) is 11.8 Å². The SMILES string of the molecule is CC(C)(C)[Si](C)(C)C=CCN1C[C@H](O)[C@@H](O)[C@H](O)[C@H]1CO. The van der Waals surface area contributed by atoms with E-state index in [0.717, 1.165) is 0 Å². The van der Waals surface area contributed by atoms with Gasteiger partial charge in [-0.05, 0) is 5.04 Å². The van der Waals surface area contributed by atoms with Crippen LogP contribution < -0.4 is 0 Å². The van der Waals surface area contributed by atoms with Crippen molar-refractivity contribution in [1.82, 2.24) is 4.90 Å². The summed E-state index contributed by atoms with van der Waals surface area (Å²) in [6.45, 7) is 11.9. The first-order valence-electron chi connectivity index (χ1n) is 7.58. The summed E-state index contributed by atoms with van der Waals surface area (Å²) in [6, 6.07) is -0.535. The van der Waals surface area contributed by atoms with Crippen LogP contribution in [0, 0.1) is 0 Å². The predicted molar refractivity (Wildman–Crippen MR) is 86.8 cm³/mol. The van der Waals surface area contributed by atoms with Crippen LogP contribution in [-0.2, 0) is 0 Å². The Hall–Kier alpha value is -0.243. The van der Waals surface area contributed by atoms with Gasteiger partial charge in [0.1, 0.15) is 12.2 Å². The summed E-state index contributed by atoms with van der Waals surface area (Å²) in [5, 5.41) is 39.1. The van der Waals surface area contributed by atoms with Crippen LogP contribution in [0.3, 0.4) is 0 Å². The van der Waals surface area contributed by atoms with E-state index in [9.17, 15) is 20.4 Å². The van der Waals surface area contributed by atoms with Gasteiger partial charge in [0, 0.05) is 13.1 Å². The van der Waals surface area contributed by atoms with Crippen LogP contribution in [-0.4, -0.2) is 77.5 Å². The first-order valence-corrected chi connectivity index (χ1v) is 10.7. The van der Waals surface area contributed by atoms with E-state index in [2.05, 4.69) is 45.6 Å². The summed E-state index contributed by atoms with van der Waals surface area (Å²) in [4.78, 5) is 1.83. The van der Waals surface area contributed by atoms with Gasteiger partial charge in [-0.3, -0.25) is 4.90 Å². The van der Waals surface area contributed by atoms with E-state index < -0.39 is 32.4 Å². The zero-order valence-electron chi connectivity index (χ0n) is 13.8. The minimum Gasteiger partial charge on any atom is -0.395 e. The van der Waals surface area contributed by atoms with Crippen LogP contribution in [0.4, 0.5) is 0 Å². The van der Waals surface area contributed by atoms with Crippen molar-refractivity contribution >= 4 is 8.07 Å². The van der Waals surface area contributed by atoms with E-state index in [1.54, 1.807) is 0 Å². The van der Waals surface area contributed by atoms with Crippen molar-refractivity contribution < 1.29 is 20.4 Å². The summed E-state index contributed by atoms with van der Waals surface area (Å²) in [7, 11) is -1.51. The Kier molecular flexibility index (Phi) is 6.17. The second-order valence-corrected chi connectivity index (χ2v) is 12.9. The normalized spacial score (nSPS) is 32.8. The van der Waals surface area contributed by atoms with Crippen LogP contribution in [0.5, 0.6) is 0 Å². The summed E-state index contributed by atoms with van der Waals surface area (Å²) in [5.74, 6) is 0. The van der Waals surface area contributed by atoms with Crippen molar-refractivity contribution in [3.8, 4) is 0 Å². The average molecular weight is 318 g/mol. The standard InChI is InChI=1S/C15H31NO4Si/c1-15(2,3)21(4,5)8-6-7-16-9-12(18)14(20)13(19)11(16)10-17/h6,8,11-14,17-20H,7,9-10H2,1-5H3/t11-,12+,13-,14-/m1/s1. The summed E-state index contributed by atoms with van der Waals surface area (Å²) in [6.07, 6.45) is -1.23. The molecule has 0 aromatic rings. The maximum absolute atomic E-state index is 9.94. The lowest BCUT2D eigenvalue weighted by atomic mass is 9.94. The van der Waals surface area contributed by atoms with Gasteiger partial charge in [-0.2, -0.15) is 0 Å². The number of hydrogen-bond acceptors (Lipinski definition) is 5. The Labute approximate surface area is 128 Å². The summed E-state index contributed by atoms with van der Waals surface area (Å²) < 4.78 is 0. The minimum atomic E-state index is -1.51. The van der Waals surface area contributed by atoms with Gasteiger partial charge < -0.3 is 20.4 Å². The zero-order chi connectivity index (χ0) is 16.4. The average Bonchev–Trinajstić information content (AvgIpc) is 2.35. The molecule has 4 atom stereocenters. The lowest BCUT2D eigenvalue weighted by molar-refractivity contribution is -0.142. The second-order valence-electron chi connectivity index (χ2n) is 7.63. The number of rotatable bonds is 4. The first-order chi connectivity index (χ1) is 9.51. The molecular weight excluding hydrogens is 286 g/mol. The molecular formula is C15H31NO4Si. The monoisotopic (exact) mass is 317 g/mol. The third-order valence-electron chi connectivity index (χ3n) is 5.02. The number of aliphatic hydroxyl groups is 4. The van der Waals surface area contributed by atoms with Crippen LogP contribution >= 0.6 is 0 Å². The molecule has 1 aliphatic heterocycles. The highest BCUT2D eigenvalue weighted by atomic mass is 28.3. The third kappa shape index (κ3) is 4.37. The molecule has 1 rings (SSSR count). The van der Waals surface area contributed by atoms with Crippen molar-refractivity contribution in [3.63, 3.8) is 0 Å². The highest BCUT2D eigenvalue weighted by Gasteiger charge is 2.40. The van der Waals surface area contributed by atoms with Crippen LogP contribution in [0.1, 0.15) is 20.8 Å². The lowest BCUT2D eigenvalue weighted by Gasteiger charge is -2.42. The van der Waals surface area contributed by atoms with E-state index in [4.69, 9.17) is 0 Å². The fourth-order valence-electron chi connectivity index (χ4n) is 2.32. The van der Waals surface area contributed by atoms with Crippen LogP contribution in [0.15, 0.2) is 11.8 Å². The van der Waals surface area contributed by atoms with Gasteiger partial charge in [0.15, 0.2) is 0 Å². The number of aliphatic hydroxyl groups excluding tert-OH is 4. The molecule has 0 bridgehead atoms. The Bertz CT molecular complexity index is 367. The number of nitrogens with zero attached hydrogens (tertiary/aromatic N) is 1. The Balaban J connectivity index is 2.73. The molecule has 0 radical (unpaired) electrons. The zero-order valence-corrected chi connectivity index (χ0v) is 14.8. The fourth-order valence-corrected chi connectivity index (χ4v) is 3.52. The smallest absolute Gasteiger partial charge is 0.109 e. The van der Waals surface area contributed by atoms with Crippen molar-refractivity contribution in [2.24, 2.45) is 0 Å². The predicted octanol–water partition coefficient (Wildman–Crippen LogP) is 0.349. The highest BCUT2D eigenvalue weighted by Crippen LogP contribution is 2.36. The van der Waals surface area contributed by atoms with Crippen LogP contribution in [0.25, 0.3) is 0 Å². The molecule has 1 saturated heterocycles. The Morgan fingerprint density at radius 3 is 2.19 bits per heavy atom. The molecule has 0 unspecified atom stereocenters. The molecule has 1 aliphatic rings. The maximum atomic E-state index is 9.94. The molecule has 0 aromatic carbocycles. The fraction of sp³-hybridized carbons (Fsp3) is 0.867. The van der Waals surface area contributed by atoms with Gasteiger partial charge in [-0.25, -0.2) is 0 Å². The van der Waals surface area contributed by atoms with E-state index in [0.29, 0.717) is 6.54 Å². The molecule has 0 saturated carbocycles. The molecule has 4 N–H and O–H groups in total. The largest absolute Gasteiger partial charge is 0.395 e. The van der Waals surface area contributed by atoms with E-state index >= 15 is 0 Å². The van der Waals surface area contributed by atoms with Crippen molar-refractivity contribution in [1.29, 1.82) is 0 Å². The van der Waals surface area contributed by atoms with Crippen LogP contribution in [0.2, 0.25) is 18.1 Å². The number of hydrogen-bond donors (Lipinski definition) is 4. The molecule has 0 amide bonds. The van der Waals surface area contributed by atoms with Gasteiger partial charge in [-0.1, -0.05) is 45.6 Å². The van der Waals surface area contributed by atoms with E-state index in [1.807, 2.05) is 4.90 Å². The number of β-amino-alcohol motifs (C(OH)–C–C–N with tert-alkyl or cyclic N) is 1. The summed E-state index contributed by atoms with van der Waals surface area (Å²) >= 11 is 0. The van der Waals surface area contributed by atoms with Gasteiger partial charge in [0.05, 0.1) is 26.8 Å². The Morgan fingerprint density at radius 1 is 1.14 bits per heavy atom. The molecule has 0 aromatic heterocycles. The molecule has 0 spiro atoms. The molecule has 1 fully saturated rings. The maximum Gasteiger partial charge on any atom is 0.109 e. The molecule has 124 valence electrons. The highest BCUT2D eigenvalue weighted by molar-refractivity contribution is 6.84. The molecule has 0 aliphatic carbocycles. The molecule has 5 nitrogen and oxygen atoms in total. The number of likely N-dealkylation sites (tertiary alicyclic amines) is 1. The van der Waals surface area contributed by atoms with Gasteiger partial charge in [0.2, 0.25) is 0 Å². The van der Waals surface area contributed by atoms with Gasteiger partial charge >= 0.3 is 0 Å². The van der Waals surface area contributed by atoms with Crippen molar-refractivity contribution in [2.75, 3.05) is 19.7 Å². The van der Waals surface area contributed by atoms with Gasteiger partial charge in [-0.15, -0.1) is 0 Å². The number of piperidine rings is 1. The molecule has 6 heteroatoms. The van der Waals surface area contributed by atoms with E-state index in [-0.39, 0.29) is 18.2 Å². The Morgan fingerprint density at radius 2 is 1.71 bits per heavy atom. The first kappa shape index (κ1) is 18.8. The minimum absolute atomic E-state index is 0.237. The third-order valence-corrected chi connectivity index (χ3v) is 9.96. The van der Waals surface area contributed by atoms with Crippen molar-refractivity contribution in [2.45, 2.75) is 63.3 Å².